The van der Waals surface area contributed by atoms with Gasteiger partial charge in [-0.15, -0.1) is 0 Å². The third kappa shape index (κ3) is 3.97. The molecule has 0 aromatic rings. The fourth-order valence-electron chi connectivity index (χ4n) is 8.44. The van der Waals surface area contributed by atoms with Gasteiger partial charge in [0, 0.05) is 18.3 Å². The van der Waals surface area contributed by atoms with E-state index in [0.717, 1.165) is 18.4 Å². The van der Waals surface area contributed by atoms with Crippen molar-refractivity contribution in [3.8, 4) is 0 Å². The molecule has 7 nitrogen and oxygen atoms in total. The molecule has 1 N–H and O–H groups in total. The van der Waals surface area contributed by atoms with Gasteiger partial charge in [0.2, 0.25) is 5.78 Å². The fraction of sp³-hybridized carbons (Fsp3) is 0.793. The Kier molecular flexibility index (Phi) is 7.04. The monoisotopic (exact) mass is 502 g/mol. The highest BCUT2D eigenvalue weighted by Crippen LogP contribution is 2.69. The van der Waals surface area contributed by atoms with E-state index in [1.54, 1.807) is 20.8 Å². The lowest BCUT2D eigenvalue weighted by Crippen LogP contribution is -2.64. The van der Waals surface area contributed by atoms with Crippen molar-refractivity contribution in [1.82, 2.24) is 0 Å². The molecule has 0 amide bonds. The number of hydrogen-bond donors (Lipinski definition) is 1. The summed E-state index contributed by atoms with van der Waals surface area (Å²) < 4.78 is 11.3. The van der Waals surface area contributed by atoms with Gasteiger partial charge in [-0.1, -0.05) is 47.1 Å². The summed E-state index contributed by atoms with van der Waals surface area (Å²) in [4.78, 5) is 50.8. The molecule has 2 unspecified atom stereocenters. The normalized spacial score (nSPS) is 41.6. The Morgan fingerprint density at radius 1 is 1.19 bits per heavy atom. The van der Waals surface area contributed by atoms with Crippen LogP contribution in [0.5, 0.6) is 0 Å². The molecular formula is C29H42O7. The summed E-state index contributed by atoms with van der Waals surface area (Å²) in [5, 5.41) is 11.7. The Balaban J connectivity index is 1.74. The minimum absolute atomic E-state index is 0.0178. The van der Waals surface area contributed by atoms with Crippen LogP contribution in [0.2, 0.25) is 0 Å². The first kappa shape index (κ1) is 27.0. The maximum absolute atomic E-state index is 13.8. The van der Waals surface area contributed by atoms with Gasteiger partial charge >= 0.3 is 11.9 Å². The van der Waals surface area contributed by atoms with Crippen molar-refractivity contribution in [2.45, 2.75) is 98.2 Å². The second-order valence-electron chi connectivity index (χ2n) is 12.5. The van der Waals surface area contributed by atoms with E-state index in [-0.39, 0.29) is 41.3 Å². The lowest BCUT2D eigenvalue weighted by atomic mass is 9.44. The van der Waals surface area contributed by atoms with Crippen LogP contribution in [0.25, 0.3) is 0 Å². The van der Waals surface area contributed by atoms with Crippen molar-refractivity contribution >= 4 is 23.5 Å². The summed E-state index contributed by atoms with van der Waals surface area (Å²) in [6, 6.07) is 0. The van der Waals surface area contributed by atoms with Crippen LogP contribution in [-0.4, -0.2) is 46.9 Å². The van der Waals surface area contributed by atoms with E-state index in [0.29, 0.717) is 25.7 Å². The molecule has 3 fully saturated rings. The molecule has 0 bridgehead atoms. The number of hydrogen-bond acceptors (Lipinski definition) is 7. The summed E-state index contributed by atoms with van der Waals surface area (Å²) in [7, 11) is 0. The predicted molar refractivity (Wildman–Crippen MR) is 133 cm³/mol. The maximum atomic E-state index is 13.8. The topological polar surface area (TPSA) is 107 Å². The Morgan fingerprint density at radius 2 is 1.89 bits per heavy atom. The van der Waals surface area contributed by atoms with E-state index in [9.17, 15) is 24.3 Å². The zero-order valence-corrected chi connectivity index (χ0v) is 22.6. The summed E-state index contributed by atoms with van der Waals surface area (Å²) in [6.45, 7) is 11.0. The number of rotatable bonds is 6. The number of ether oxygens (including phenoxy) is 2. The molecule has 3 saturated carbocycles. The van der Waals surface area contributed by atoms with Crippen molar-refractivity contribution in [3.05, 3.63) is 11.6 Å². The van der Waals surface area contributed by atoms with Crippen molar-refractivity contribution in [3.63, 3.8) is 0 Å². The van der Waals surface area contributed by atoms with Crippen molar-refractivity contribution < 1.29 is 33.8 Å². The first-order valence-electron chi connectivity index (χ1n) is 13.7. The highest BCUT2D eigenvalue weighted by molar-refractivity contribution is 5.93. The van der Waals surface area contributed by atoms with Gasteiger partial charge in [-0.05, 0) is 67.3 Å². The molecule has 7 heteroatoms. The van der Waals surface area contributed by atoms with Crippen LogP contribution in [-0.2, 0) is 28.7 Å². The van der Waals surface area contributed by atoms with Gasteiger partial charge in [-0.25, -0.2) is 0 Å². The van der Waals surface area contributed by atoms with E-state index in [1.165, 1.54) is 0 Å². The Hall–Kier alpha value is -2.02. The molecule has 0 radical (unpaired) electrons. The van der Waals surface area contributed by atoms with Crippen LogP contribution < -0.4 is 0 Å². The number of ketones is 2. The largest absolute Gasteiger partial charge is 0.457 e. The number of aliphatic hydroxyl groups excluding tert-OH is 1. The number of allylic oxidation sites excluding steroid dienone is 1. The number of esters is 2. The van der Waals surface area contributed by atoms with Gasteiger partial charge in [0.25, 0.3) is 0 Å². The SMILES string of the molecule is CCC(=O)OCC(=O)[C@@]1(OC(=O)C(C)C)CC[C@H]2[C@@H]3CC(C)C4=CC(=O)CC[C@]4(C)[C@H]3C(O)C[C@@]21C. The molecular weight excluding hydrogens is 460 g/mol. The summed E-state index contributed by atoms with van der Waals surface area (Å²) in [5.41, 5.74) is -1.34. The van der Waals surface area contributed by atoms with E-state index < -0.39 is 47.4 Å². The Bertz CT molecular complexity index is 982. The lowest BCUT2D eigenvalue weighted by molar-refractivity contribution is -0.206. The van der Waals surface area contributed by atoms with E-state index in [2.05, 4.69) is 13.8 Å². The molecule has 0 aromatic heterocycles. The first-order valence-corrected chi connectivity index (χ1v) is 13.7. The zero-order chi connectivity index (χ0) is 26.6. The molecule has 4 aliphatic carbocycles. The first-order chi connectivity index (χ1) is 16.8. The lowest BCUT2D eigenvalue weighted by Gasteiger charge is -2.62. The van der Waals surface area contributed by atoms with Crippen LogP contribution in [0, 0.1) is 40.4 Å². The van der Waals surface area contributed by atoms with Crippen molar-refractivity contribution in [1.29, 1.82) is 0 Å². The fourth-order valence-corrected chi connectivity index (χ4v) is 8.44. The average Bonchev–Trinajstić information content (AvgIpc) is 3.10. The molecule has 8 atom stereocenters. The Labute approximate surface area is 214 Å². The number of aliphatic hydroxyl groups is 1. The minimum Gasteiger partial charge on any atom is -0.457 e. The third-order valence-electron chi connectivity index (χ3n) is 10.2. The number of carbonyl (C=O) groups excluding carboxylic acids is 4. The molecule has 4 aliphatic rings. The van der Waals surface area contributed by atoms with Gasteiger partial charge in [-0.2, -0.15) is 0 Å². The highest BCUT2D eigenvalue weighted by Gasteiger charge is 2.71. The minimum atomic E-state index is -1.44. The van der Waals surface area contributed by atoms with Crippen LogP contribution >= 0.6 is 0 Å². The number of fused-ring (bicyclic) bond motifs is 5. The number of carbonyl (C=O) groups is 4. The molecule has 36 heavy (non-hydrogen) atoms. The van der Waals surface area contributed by atoms with Gasteiger partial charge in [0.05, 0.1) is 12.0 Å². The van der Waals surface area contributed by atoms with Gasteiger partial charge in [0.15, 0.2) is 18.0 Å². The summed E-state index contributed by atoms with van der Waals surface area (Å²) >= 11 is 0. The number of Topliss-reactive ketones (excluding diaryl/α,β-unsaturated/α-hetero) is 1. The van der Waals surface area contributed by atoms with Gasteiger partial charge in [0.1, 0.15) is 0 Å². The van der Waals surface area contributed by atoms with Crippen molar-refractivity contribution in [2.75, 3.05) is 6.61 Å². The van der Waals surface area contributed by atoms with Crippen molar-refractivity contribution in [2.24, 2.45) is 40.4 Å². The molecule has 0 aromatic carbocycles. The van der Waals surface area contributed by atoms with Crippen LogP contribution in [0.1, 0.15) is 86.5 Å². The third-order valence-corrected chi connectivity index (χ3v) is 10.2. The van der Waals surface area contributed by atoms with E-state index >= 15 is 0 Å². The molecule has 0 aliphatic heterocycles. The van der Waals surface area contributed by atoms with E-state index in [4.69, 9.17) is 9.47 Å². The quantitative estimate of drug-likeness (QED) is 0.543. The summed E-state index contributed by atoms with van der Waals surface area (Å²) in [5.74, 6) is -1.20. The van der Waals surface area contributed by atoms with Crippen LogP contribution in [0.3, 0.4) is 0 Å². The molecule has 0 heterocycles. The predicted octanol–water partition coefficient (Wildman–Crippen LogP) is 4.20. The van der Waals surface area contributed by atoms with Gasteiger partial charge < -0.3 is 14.6 Å². The van der Waals surface area contributed by atoms with Gasteiger partial charge in [-0.3, -0.25) is 19.2 Å². The Morgan fingerprint density at radius 3 is 2.53 bits per heavy atom. The van der Waals surface area contributed by atoms with Crippen LogP contribution in [0.4, 0.5) is 0 Å². The molecule has 0 spiro atoms. The second-order valence-corrected chi connectivity index (χ2v) is 12.5. The second kappa shape index (κ2) is 9.38. The molecule has 4 rings (SSSR count). The van der Waals surface area contributed by atoms with Crippen LogP contribution in [0.15, 0.2) is 11.6 Å². The molecule has 0 saturated heterocycles. The average molecular weight is 503 g/mol. The maximum Gasteiger partial charge on any atom is 0.309 e. The van der Waals surface area contributed by atoms with E-state index in [1.807, 2.05) is 13.0 Å². The smallest absolute Gasteiger partial charge is 0.309 e. The standard InChI is InChI=1S/C29H42O7/c1-7-24(33)35-15-23(32)29(36-26(34)16(2)3)11-9-20-19-12-17(4)21-13-18(30)8-10-27(21,5)25(19)22(31)14-28(20,29)6/h13,16-17,19-20,22,25,31H,7-12,14-15H2,1-6H3/t17?,19-,20-,22?,25+,27-,28-,29-/m0/s1. The molecule has 200 valence electrons. The zero-order valence-electron chi connectivity index (χ0n) is 22.6. The summed E-state index contributed by atoms with van der Waals surface area (Å²) in [6.07, 6.45) is 4.69. The highest BCUT2D eigenvalue weighted by atomic mass is 16.6.